The second-order valence-corrected chi connectivity index (χ2v) is 5.23. The molecule has 1 saturated carbocycles. The Kier molecular flexibility index (Phi) is 4.05. The van der Waals surface area contributed by atoms with Crippen LogP contribution in [0.1, 0.15) is 33.1 Å². The fraction of sp³-hybridized carbons (Fsp3) is 0.727. The molecule has 6 heteroatoms. The van der Waals surface area contributed by atoms with Gasteiger partial charge in [0.05, 0.1) is 0 Å². The second-order valence-electron chi connectivity index (χ2n) is 4.55. The highest BCUT2D eigenvalue weighted by molar-refractivity contribution is 6.31. The van der Waals surface area contributed by atoms with Crippen molar-refractivity contribution in [2.45, 2.75) is 39.2 Å². The quantitative estimate of drug-likeness (QED) is 0.918. The lowest BCUT2D eigenvalue weighted by Crippen LogP contribution is -2.25. The molecule has 3 atom stereocenters. The molecule has 0 aliphatic heterocycles. The summed E-state index contributed by atoms with van der Waals surface area (Å²) in [6.07, 6.45) is 3.61. The Morgan fingerprint density at radius 1 is 1.18 bits per heavy atom. The van der Waals surface area contributed by atoms with Crippen LogP contribution < -0.4 is 5.32 Å². The molecule has 1 aliphatic rings. The van der Waals surface area contributed by atoms with E-state index in [9.17, 15) is 0 Å². The predicted octanol–water partition coefficient (Wildman–Crippen LogP) is 3.42. The molecule has 0 saturated heterocycles. The lowest BCUT2D eigenvalue weighted by molar-refractivity contribution is 0.391. The van der Waals surface area contributed by atoms with Crippen LogP contribution in [0.3, 0.4) is 0 Å². The van der Waals surface area contributed by atoms with Gasteiger partial charge in [0.2, 0.25) is 16.5 Å². The van der Waals surface area contributed by atoms with Crippen LogP contribution in [-0.2, 0) is 0 Å². The first-order valence-electron chi connectivity index (χ1n) is 5.93. The van der Waals surface area contributed by atoms with Crippen molar-refractivity contribution in [1.29, 1.82) is 0 Å². The highest BCUT2D eigenvalue weighted by Crippen LogP contribution is 2.35. The number of anilines is 1. The Bertz CT molecular complexity index is 379. The minimum atomic E-state index is 0.130. The summed E-state index contributed by atoms with van der Waals surface area (Å²) < 4.78 is 0. The number of halogens is 2. The van der Waals surface area contributed by atoms with Crippen LogP contribution in [0.2, 0.25) is 10.6 Å². The molecule has 1 aliphatic carbocycles. The lowest BCUT2D eigenvalue weighted by atomic mass is 9.94. The van der Waals surface area contributed by atoms with E-state index >= 15 is 0 Å². The van der Waals surface area contributed by atoms with E-state index in [1.54, 1.807) is 0 Å². The van der Waals surface area contributed by atoms with Gasteiger partial charge < -0.3 is 5.32 Å². The van der Waals surface area contributed by atoms with Crippen molar-refractivity contribution in [2.75, 3.05) is 5.32 Å². The van der Waals surface area contributed by atoms with E-state index in [0.29, 0.717) is 17.9 Å². The Morgan fingerprint density at radius 2 is 1.82 bits per heavy atom. The Balaban J connectivity index is 2.06. The summed E-state index contributed by atoms with van der Waals surface area (Å²) >= 11 is 11.5. The van der Waals surface area contributed by atoms with Crippen LogP contribution in [0.4, 0.5) is 5.95 Å². The first-order chi connectivity index (χ1) is 8.10. The standard InChI is InChI=1S/C11H16Cl2N4/c1-3-7-4-5-8(6(7)2)14-11-16-9(12)15-10(13)17-11/h6-8H,3-5H2,1-2H3,(H,14,15,16,17). The van der Waals surface area contributed by atoms with Crippen molar-refractivity contribution < 1.29 is 0 Å². The Labute approximate surface area is 111 Å². The van der Waals surface area contributed by atoms with Gasteiger partial charge in [-0.05, 0) is 47.9 Å². The van der Waals surface area contributed by atoms with E-state index in [-0.39, 0.29) is 10.6 Å². The van der Waals surface area contributed by atoms with Crippen LogP contribution in [0.25, 0.3) is 0 Å². The van der Waals surface area contributed by atoms with Crippen molar-refractivity contribution in [2.24, 2.45) is 11.8 Å². The number of nitrogens with one attached hydrogen (secondary N) is 1. The molecule has 1 aromatic heterocycles. The summed E-state index contributed by atoms with van der Waals surface area (Å²) in [5, 5.41) is 3.57. The predicted molar refractivity (Wildman–Crippen MR) is 69.4 cm³/mol. The van der Waals surface area contributed by atoms with Gasteiger partial charge in [-0.15, -0.1) is 0 Å². The van der Waals surface area contributed by atoms with E-state index < -0.39 is 0 Å². The van der Waals surface area contributed by atoms with E-state index in [0.717, 1.165) is 12.3 Å². The fourth-order valence-corrected chi connectivity index (χ4v) is 2.95. The summed E-state index contributed by atoms with van der Waals surface area (Å²) in [6, 6.07) is 0.398. The van der Waals surface area contributed by atoms with Gasteiger partial charge in [-0.3, -0.25) is 0 Å². The van der Waals surface area contributed by atoms with Crippen molar-refractivity contribution in [1.82, 2.24) is 15.0 Å². The molecule has 1 aromatic rings. The molecule has 4 nitrogen and oxygen atoms in total. The fourth-order valence-electron chi connectivity index (χ4n) is 2.58. The molecule has 1 heterocycles. The van der Waals surface area contributed by atoms with Crippen LogP contribution in [0.15, 0.2) is 0 Å². The zero-order valence-electron chi connectivity index (χ0n) is 9.95. The van der Waals surface area contributed by atoms with Crippen LogP contribution in [0, 0.1) is 11.8 Å². The molecule has 0 spiro atoms. The summed E-state index contributed by atoms with van der Waals surface area (Å²) in [5.41, 5.74) is 0. The third-order valence-corrected chi connectivity index (χ3v) is 3.98. The van der Waals surface area contributed by atoms with Gasteiger partial charge in [0.25, 0.3) is 0 Å². The number of aromatic nitrogens is 3. The zero-order chi connectivity index (χ0) is 12.4. The van der Waals surface area contributed by atoms with Gasteiger partial charge in [-0.1, -0.05) is 20.3 Å². The third-order valence-electron chi connectivity index (χ3n) is 3.65. The molecule has 0 radical (unpaired) electrons. The molecule has 94 valence electrons. The second kappa shape index (κ2) is 5.36. The monoisotopic (exact) mass is 274 g/mol. The summed E-state index contributed by atoms with van der Waals surface area (Å²) in [5.74, 6) is 1.87. The van der Waals surface area contributed by atoms with Crippen LogP contribution in [0.5, 0.6) is 0 Å². The van der Waals surface area contributed by atoms with Gasteiger partial charge in [-0.2, -0.15) is 15.0 Å². The molecule has 3 unspecified atom stereocenters. The summed E-state index contributed by atoms with van der Waals surface area (Å²) in [4.78, 5) is 11.8. The summed E-state index contributed by atoms with van der Waals surface area (Å²) in [7, 11) is 0. The Hall–Kier alpha value is -0.610. The first-order valence-corrected chi connectivity index (χ1v) is 6.69. The molecule has 0 amide bonds. The first kappa shape index (κ1) is 12.8. The number of hydrogen-bond acceptors (Lipinski definition) is 4. The van der Waals surface area contributed by atoms with Gasteiger partial charge in [0, 0.05) is 6.04 Å². The zero-order valence-corrected chi connectivity index (χ0v) is 11.5. The van der Waals surface area contributed by atoms with Gasteiger partial charge >= 0.3 is 0 Å². The maximum absolute atomic E-state index is 5.74. The van der Waals surface area contributed by atoms with Gasteiger partial charge in [0.15, 0.2) is 0 Å². The van der Waals surface area contributed by atoms with Gasteiger partial charge in [-0.25, -0.2) is 0 Å². The highest BCUT2D eigenvalue weighted by atomic mass is 35.5. The third kappa shape index (κ3) is 2.99. The molecule has 0 bridgehead atoms. The minimum absolute atomic E-state index is 0.130. The molecule has 1 N–H and O–H groups in total. The topological polar surface area (TPSA) is 50.7 Å². The van der Waals surface area contributed by atoms with E-state index in [2.05, 4.69) is 34.1 Å². The van der Waals surface area contributed by atoms with Crippen molar-refractivity contribution in [3.63, 3.8) is 0 Å². The molecule has 2 rings (SSSR count). The normalized spacial score (nSPS) is 28.4. The molecule has 0 aromatic carbocycles. The highest BCUT2D eigenvalue weighted by Gasteiger charge is 2.31. The summed E-state index contributed by atoms with van der Waals surface area (Å²) in [6.45, 7) is 4.50. The van der Waals surface area contributed by atoms with Crippen LogP contribution >= 0.6 is 23.2 Å². The van der Waals surface area contributed by atoms with E-state index in [1.165, 1.54) is 12.8 Å². The number of hydrogen-bond donors (Lipinski definition) is 1. The largest absolute Gasteiger partial charge is 0.351 e. The van der Waals surface area contributed by atoms with Crippen molar-refractivity contribution >= 4 is 29.2 Å². The lowest BCUT2D eigenvalue weighted by Gasteiger charge is -2.20. The van der Waals surface area contributed by atoms with E-state index in [4.69, 9.17) is 23.2 Å². The average Bonchev–Trinajstić information content (AvgIpc) is 2.58. The van der Waals surface area contributed by atoms with Crippen molar-refractivity contribution in [3.8, 4) is 0 Å². The van der Waals surface area contributed by atoms with E-state index in [1.807, 2.05) is 0 Å². The molecular formula is C11H16Cl2N4. The number of nitrogens with zero attached hydrogens (tertiary/aromatic N) is 3. The minimum Gasteiger partial charge on any atom is -0.351 e. The van der Waals surface area contributed by atoms with Crippen LogP contribution in [-0.4, -0.2) is 21.0 Å². The Morgan fingerprint density at radius 3 is 2.35 bits per heavy atom. The molecular weight excluding hydrogens is 259 g/mol. The number of rotatable bonds is 3. The van der Waals surface area contributed by atoms with Crippen molar-refractivity contribution in [3.05, 3.63) is 10.6 Å². The SMILES string of the molecule is CCC1CCC(Nc2nc(Cl)nc(Cl)n2)C1C. The maximum atomic E-state index is 5.74. The molecule has 1 fully saturated rings. The van der Waals surface area contributed by atoms with Gasteiger partial charge in [0.1, 0.15) is 0 Å². The maximum Gasteiger partial charge on any atom is 0.228 e. The molecule has 17 heavy (non-hydrogen) atoms. The smallest absolute Gasteiger partial charge is 0.228 e. The average molecular weight is 275 g/mol.